The summed E-state index contributed by atoms with van der Waals surface area (Å²) in [6.07, 6.45) is 1.65. The molecular weight excluding hydrogens is 421 g/mol. The van der Waals surface area contributed by atoms with Crippen LogP contribution in [0.5, 0.6) is 11.5 Å². The first kappa shape index (κ1) is 20.5. The Balaban J connectivity index is 1.40. The molecule has 0 unspecified atom stereocenters. The van der Waals surface area contributed by atoms with E-state index in [-0.39, 0.29) is 10.7 Å². The summed E-state index contributed by atoms with van der Waals surface area (Å²) < 4.78 is 19.3. The van der Waals surface area contributed by atoms with Crippen LogP contribution in [0.25, 0.3) is 11.0 Å². The van der Waals surface area contributed by atoms with Crippen LogP contribution in [0.15, 0.2) is 66.9 Å². The second kappa shape index (κ2) is 8.95. The van der Waals surface area contributed by atoms with Crippen molar-refractivity contribution in [2.24, 2.45) is 5.73 Å². The lowest BCUT2D eigenvalue weighted by Gasteiger charge is -2.10. The number of nitrogens with zero attached hydrogens (tertiary/aromatic N) is 2. The minimum Gasteiger partial charge on any atom is -0.457 e. The zero-order valence-electron chi connectivity index (χ0n) is 16.1. The summed E-state index contributed by atoms with van der Waals surface area (Å²) in [5.41, 5.74) is 8.57. The number of fused-ring (bicyclic) bond motifs is 1. The Morgan fingerprint density at radius 2 is 1.68 bits per heavy atom. The molecule has 3 aromatic carbocycles. The van der Waals surface area contributed by atoms with Gasteiger partial charge in [-0.2, -0.15) is 0 Å². The van der Waals surface area contributed by atoms with E-state index in [4.69, 9.17) is 22.1 Å². The number of hydrogen-bond donors (Lipinski definition) is 3. The molecule has 0 saturated heterocycles. The van der Waals surface area contributed by atoms with Crippen molar-refractivity contribution >= 4 is 40.0 Å². The second-order valence-corrected chi connectivity index (χ2v) is 6.96. The number of nitrogens with one attached hydrogen (secondary N) is 2. The number of nitrogens with two attached hydrogens (primary N) is 1. The smallest absolute Gasteiger partial charge is 0.323 e. The van der Waals surface area contributed by atoms with Gasteiger partial charge in [-0.05, 0) is 54.6 Å². The molecule has 31 heavy (non-hydrogen) atoms. The number of ether oxygens (including phenoxy) is 1. The van der Waals surface area contributed by atoms with Crippen molar-refractivity contribution in [3.8, 4) is 11.5 Å². The number of aromatic nitrogens is 2. The third-order valence-corrected chi connectivity index (χ3v) is 4.60. The minimum atomic E-state index is -0.611. The van der Waals surface area contributed by atoms with Crippen LogP contribution in [0.4, 0.5) is 20.6 Å². The van der Waals surface area contributed by atoms with E-state index in [9.17, 15) is 9.18 Å². The molecule has 0 radical (unpaired) electrons. The number of rotatable bonds is 5. The molecule has 0 aliphatic heterocycles. The molecule has 0 saturated carbocycles. The molecule has 0 fully saturated rings. The Hall–Kier alpha value is -3.75. The molecule has 0 bridgehead atoms. The normalized spacial score (nSPS) is 10.7. The lowest BCUT2D eigenvalue weighted by Crippen LogP contribution is -2.19. The summed E-state index contributed by atoms with van der Waals surface area (Å²) in [7, 11) is 0. The van der Waals surface area contributed by atoms with Crippen molar-refractivity contribution in [2.75, 3.05) is 10.6 Å². The molecule has 1 aromatic heterocycles. The topological polar surface area (TPSA) is 102 Å². The Kier molecular flexibility index (Phi) is 5.92. The van der Waals surface area contributed by atoms with Gasteiger partial charge in [0, 0.05) is 24.0 Å². The van der Waals surface area contributed by atoms with E-state index in [0.29, 0.717) is 34.9 Å². The fraction of sp³-hybridized carbons (Fsp3) is 0.0455. The molecule has 1 heterocycles. The highest BCUT2D eigenvalue weighted by molar-refractivity contribution is 6.30. The van der Waals surface area contributed by atoms with E-state index in [1.54, 1.807) is 42.6 Å². The van der Waals surface area contributed by atoms with Crippen LogP contribution in [0.2, 0.25) is 5.02 Å². The second-order valence-electron chi connectivity index (χ2n) is 6.55. The molecule has 0 atom stereocenters. The lowest BCUT2D eigenvalue weighted by molar-refractivity contribution is 0.262. The largest absolute Gasteiger partial charge is 0.457 e. The molecular formula is C22H17ClFN5O2. The predicted octanol–water partition coefficient (Wildman–Crippen LogP) is 5.32. The number of carbonyl (C=O) groups is 1. The number of anilines is 2. The maximum absolute atomic E-state index is 13.5. The van der Waals surface area contributed by atoms with Crippen LogP contribution in [0, 0.1) is 5.82 Å². The summed E-state index contributed by atoms with van der Waals surface area (Å²) in [4.78, 5) is 20.8. The van der Waals surface area contributed by atoms with Crippen LogP contribution in [-0.2, 0) is 6.54 Å². The Morgan fingerprint density at radius 3 is 2.42 bits per heavy atom. The summed E-state index contributed by atoms with van der Waals surface area (Å²) in [6, 6.07) is 15.7. The van der Waals surface area contributed by atoms with Gasteiger partial charge in [0.15, 0.2) is 0 Å². The Morgan fingerprint density at radius 1 is 0.968 bits per heavy atom. The standard InChI is InChI=1S/C22H17ClFN5O2/c23-18-7-3-14(9-19(18)24)29-22(30)28-13-1-4-16(5-2-13)31-17-6-8-20-21(10-17)27-15(11-25)12-26-20/h1-10,12H,11,25H2,(H2,28,29,30). The van der Waals surface area contributed by atoms with E-state index >= 15 is 0 Å². The van der Waals surface area contributed by atoms with E-state index < -0.39 is 11.8 Å². The minimum absolute atomic E-state index is 0.0141. The summed E-state index contributed by atoms with van der Waals surface area (Å²) in [6.45, 7) is 0.309. The fourth-order valence-electron chi connectivity index (χ4n) is 2.80. The Bertz CT molecular complexity index is 1250. The van der Waals surface area contributed by atoms with Crippen LogP contribution in [0.3, 0.4) is 0 Å². The average Bonchev–Trinajstić information content (AvgIpc) is 2.77. The quantitative estimate of drug-likeness (QED) is 0.392. The number of hydrogen-bond acceptors (Lipinski definition) is 5. The van der Waals surface area contributed by atoms with Gasteiger partial charge < -0.3 is 21.1 Å². The molecule has 0 spiro atoms. The van der Waals surface area contributed by atoms with Gasteiger partial charge in [-0.15, -0.1) is 0 Å². The van der Waals surface area contributed by atoms with Gasteiger partial charge in [0.05, 0.1) is 27.9 Å². The van der Waals surface area contributed by atoms with Crippen molar-refractivity contribution in [3.63, 3.8) is 0 Å². The van der Waals surface area contributed by atoms with Crippen LogP contribution in [0.1, 0.15) is 5.69 Å². The van der Waals surface area contributed by atoms with Gasteiger partial charge in [0.25, 0.3) is 0 Å². The van der Waals surface area contributed by atoms with Gasteiger partial charge in [-0.3, -0.25) is 4.98 Å². The van der Waals surface area contributed by atoms with Gasteiger partial charge >= 0.3 is 6.03 Å². The van der Waals surface area contributed by atoms with Crippen LogP contribution >= 0.6 is 11.6 Å². The van der Waals surface area contributed by atoms with E-state index in [1.807, 2.05) is 6.07 Å². The van der Waals surface area contributed by atoms with Gasteiger partial charge in [-0.1, -0.05) is 11.6 Å². The number of carbonyl (C=O) groups excluding carboxylic acids is 1. The van der Waals surface area contributed by atoms with E-state index in [1.165, 1.54) is 12.1 Å². The number of benzene rings is 3. The first-order chi connectivity index (χ1) is 15.0. The average molecular weight is 438 g/mol. The van der Waals surface area contributed by atoms with E-state index in [2.05, 4.69) is 20.6 Å². The summed E-state index contributed by atoms with van der Waals surface area (Å²) >= 11 is 5.64. The highest BCUT2D eigenvalue weighted by Crippen LogP contribution is 2.26. The molecule has 4 aromatic rings. The van der Waals surface area contributed by atoms with Crippen LogP contribution in [-0.4, -0.2) is 16.0 Å². The zero-order chi connectivity index (χ0) is 21.8. The van der Waals surface area contributed by atoms with Gasteiger partial charge in [0.1, 0.15) is 17.3 Å². The van der Waals surface area contributed by atoms with Crippen molar-refractivity contribution in [3.05, 3.63) is 83.4 Å². The first-order valence-electron chi connectivity index (χ1n) is 9.27. The van der Waals surface area contributed by atoms with Gasteiger partial charge in [0.2, 0.25) is 0 Å². The zero-order valence-corrected chi connectivity index (χ0v) is 16.9. The maximum Gasteiger partial charge on any atom is 0.323 e. The maximum atomic E-state index is 13.5. The van der Waals surface area contributed by atoms with E-state index in [0.717, 1.165) is 11.6 Å². The lowest BCUT2D eigenvalue weighted by atomic mass is 10.2. The molecule has 2 amide bonds. The molecule has 4 N–H and O–H groups in total. The molecule has 156 valence electrons. The fourth-order valence-corrected chi connectivity index (χ4v) is 2.92. The van der Waals surface area contributed by atoms with Gasteiger partial charge in [-0.25, -0.2) is 14.2 Å². The number of urea groups is 1. The summed E-state index contributed by atoms with van der Waals surface area (Å²) in [5, 5.41) is 5.18. The predicted molar refractivity (Wildman–Crippen MR) is 118 cm³/mol. The molecule has 7 nitrogen and oxygen atoms in total. The highest BCUT2D eigenvalue weighted by Gasteiger charge is 2.07. The molecule has 0 aliphatic rings. The molecule has 4 rings (SSSR count). The molecule has 9 heteroatoms. The first-order valence-corrected chi connectivity index (χ1v) is 9.65. The number of amides is 2. The number of halogens is 2. The SMILES string of the molecule is NCc1cnc2ccc(Oc3ccc(NC(=O)Nc4ccc(Cl)c(F)c4)cc3)cc2n1. The van der Waals surface area contributed by atoms with Crippen molar-refractivity contribution in [1.29, 1.82) is 0 Å². The van der Waals surface area contributed by atoms with Crippen molar-refractivity contribution < 1.29 is 13.9 Å². The Labute approximate surface area is 182 Å². The molecule has 0 aliphatic carbocycles. The third-order valence-electron chi connectivity index (χ3n) is 4.30. The summed E-state index contributed by atoms with van der Waals surface area (Å²) in [5.74, 6) is 0.562. The van der Waals surface area contributed by atoms with Crippen molar-refractivity contribution in [1.82, 2.24) is 9.97 Å². The van der Waals surface area contributed by atoms with Crippen LogP contribution < -0.4 is 21.1 Å². The van der Waals surface area contributed by atoms with Crippen molar-refractivity contribution in [2.45, 2.75) is 6.54 Å². The third kappa shape index (κ3) is 5.06. The highest BCUT2D eigenvalue weighted by atomic mass is 35.5. The monoisotopic (exact) mass is 437 g/mol.